The third kappa shape index (κ3) is 7.41. The molecule has 152 valence electrons. The first kappa shape index (κ1) is 21.1. The molecule has 2 N–H and O–H groups in total. The Kier molecular flexibility index (Phi) is 8.00. The van der Waals surface area contributed by atoms with Crippen molar-refractivity contribution in [3.63, 3.8) is 0 Å². The van der Waals surface area contributed by atoms with Gasteiger partial charge in [0.2, 0.25) is 5.91 Å². The number of carbonyl (C=O) groups is 1. The summed E-state index contributed by atoms with van der Waals surface area (Å²) in [5.41, 5.74) is 1.69. The van der Waals surface area contributed by atoms with Gasteiger partial charge in [0.25, 0.3) is 0 Å². The van der Waals surface area contributed by atoms with E-state index in [1.165, 1.54) is 6.08 Å². The van der Waals surface area contributed by atoms with Crippen LogP contribution in [0.5, 0.6) is 11.5 Å². The molecule has 30 heavy (non-hydrogen) atoms. The molecule has 1 amide bonds. The Labute approximate surface area is 181 Å². The first-order chi connectivity index (χ1) is 14.7. The van der Waals surface area contributed by atoms with E-state index in [-0.39, 0.29) is 11.0 Å². The lowest BCUT2D eigenvalue weighted by molar-refractivity contribution is -0.115. The second-order valence-electron chi connectivity index (χ2n) is 6.22. The van der Waals surface area contributed by atoms with Gasteiger partial charge in [0, 0.05) is 11.8 Å². The van der Waals surface area contributed by atoms with Gasteiger partial charge in [-0.25, -0.2) is 0 Å². The Morgan fingerprint density at radius 3 is 2.00 bits per heavy atom. The van der Waals surface area contributed by atoms with Crippen molar-refractivity contribution in [2.45, 2.75) is 0 Å². The molecule has 0 fully saturated rings. The molecule has 6 heteroatoms. The predicted molar refractivity (Wildman–Crippen MR) is 124 cm³/mol. The number of para-hydroxylation sites is 1. The van der Waals surface area contributed by atoms with Gasteiger partial charge in [0.05, 0.1) is 0 Å². The lowest BCUT2D eigenvalue weighted by atomic mass is 10.2. The van der Waals surface area contributed by atoms with Crippen LogP contribution >= 0.6 is 12.2 Å². The van der Waals surface area contributed by atoms with E-state index in [0.29, 0.717) is 13.2 Å². The summed E-state index contributed by atoms with van der Waals surface area (Å²) >= 11 is 5.18. The zero-order valence-corrected chi connectivity index (χ0v) is 17.1. The first-order valence-electron chi connectivity index (χ1n) is 9.45. The van der Waals surface area contributed by atoms with Crippen molar-refractivity contribution >= 4 is 35.0 Å². The molecule has 0 heterocycles. The molecule has 3 aromatic carbocycles. The predicted octanol–water partition coefficient (Wildman–Crippen LogP) is 4.67. The molecule has 0 saturated heterocycles. The molecule has 0 spiro atoms. The van der Waals surface area contributed by atoms with Crippen LogP contribution in [0, 0.1) is 0 Å². The van der Waals surface area contributed by atoms with Gasteiger partial charge in [-0.1, -0.05) is 48.5 Å². The van der Waals surface area contributed by atoms with Crippen LogP contribution in [0.4, 0.5) is 5.69 Å². The second-order valence-corrected chi connectivity index (χ2v) is 6.63. The molecule has 5 nitrogen and oxygen atoms in total. The van der Waals surface area contributed by atoms with Crippen LogP contribution in [0.15, 0.2) is 91.0 Å². The molecule has 0 atom stereocenters. The van der Waals surface area contributed by atoms with Crippen molar-refractivity contribution in [3.8, 4) is 11.5 Å². The molecule has 0 unspecified atom stereocenters. The Bertz CT molecular complexity index is 974. The number of amides is 1. The molecule has 0 radical (unpaired) electrons. The van der Waals surface area contributed by atoms with Crippen molar-refractivity contribution in [3.05, 3.63) is 96.6 Å². The normalized spacial score (nSPS) is 10.4. The van der Waals surface area contributed by atoms with Crippen molar-refractivity contribution in [1.82, 2.24) is 5.32 Å². The molecule has 0 bridgehead atoms. The van der Waals surface area contributed by atoms with E-state index < -0.39 is 0 Å². The van der Waals surface area contributed by atoms with Gasteiger partial charge < -0.3 is 14.8 Å². The van der Waals surface area contributed by atoms with Gasteiger partial charge in [0.1, 0.15) is 24.7 Å². The number of hydrogen-bond acceptors (Lipinski definition) is 4. The highest BCUT2D eigenvalue weighted by atomic mass is 32.1. The molecule has 0 saturated carbocycles. The van der Waals surface area contributed by atoms with E-state index in [2.05, 4.69) is 10.6 Å². The standard InChI is InChI=1S/C24H22N2O3S/c27-23(16-11-19-7-3-1-4-8-19)26-24(30)25-20-12-14-22(15-13-20)29-18-17-28-21-9-5-2-6-10-21/h1-16H,17-18H2,(H2,25,26,27,30)/b16-11+. The summed E-state index contributed by atoms with van der Waals surface area (Å²) in [6, 6.07) is 26.5. The average molecular weight is 419 g/mol. The fourth-order valence-corrected chi connectivity index (χ4v) is 2.74. The van der Waals surface area contributed by atoms with Crippen molar-refractivity contribution in [2.75, 3.05) is 18.5 Å². The smallest absolute Gasteiger partial charge is 0.250 e. The molecule has 0 aliphatic carbocycles. The number of hydrogen-bond donors (Lipinski definition) is 2. The van der Waals surface area contributed by atoms with E-state index in [1.807, 2.05) is 84.9 Å². The van der Waals surface area contributed by atoms with Crippen LogP contribution in [0.2, 0.25) is 0 Å². The second kappa shape index (κ2) is 11.4. The molecule has 0 aromatic heterocycles. The van der Waals surface area contributed by atoms with Gasteiger partial charge in [0.15, 0.2) is 5.11 Å². The molecular weight excluding hydrogens is 396 g/mol. The van der Waals surface area contributed by atoms with Crippen LogP contribution in [-0.4, -0.2) is 24.2 Å². The summed E-state index contributed by atoms with van der Waals surface area (Å²) in [6.07, 6.45) is 3.17. The number of rotatable bonds is 8. The van der Waals surface area contributed by atoms with E-state index in [9.17, 15) is 4.79 Å². The lowest BCUT2D eigenvalue weighted by Crippen LogP contribution is -2.32. The summed E-state index contributed by atoms with van der Waals surface area (Å²) in [4.78, 5) is 12.0. The highest BCUT2D eigenvalue weighted by Crippen LogP contribution is 2.16. The maximum atomic E-state index is 12.0. The topological polar surface area (TPSA) is 59.6 Å². The summed E-state index contributed by atoms with van der Waals surface area (Å²) in [6.45, 7) is 0.889. The van der Waals surface area contributed by atoms with Crippen molar-refractivity contribution in [2.24, 2.45) is 0 Å². The molecule has 3 rings (SSSR count). The molecular formula is C24H22N2O3S. The third-order valence-corrected chi connectivity index (χ3v) is 4.14. The van der Waals surface area contributed by atoms with E-state index >= 15 is 0 Å². The Balaban J connectivity index is 1.38. The van der Waals surface area contributed by atoms with Gasteiger partial charge in [-0.15, -0.1) is 0 Å². The first-order valence-corrected chi connectivity index (χ1v) is 9.86. The van der Waals surface area contributed by atoms with Crippen LogP contribution < -0.4 is 20.1 Å². The SMILES string of the molecule is O=C(/C=C/c1ccccc1)NC(=S)Nc1ccc(OCCOc2ccccc2)cc1. The highest BCUT2D eigenvalue weighted by molar-refractivity contribution is 7.80. The maximum Gasteiger partial charge on any atom is 0.250 e. The number of nitrogens with one attached hydrogen (secondary N) is 2. The number of carbonyl (C=O) groups excluding carboxylic acids is 1. The van der Waals surface area contributed by atoms with Gasteiger partial charge in [-0.05, 0) is 60.3 Å². The summed E-state index contributed by atoms with van der Waals surface area (Å²) < 4.78 is 11.3. The number of benzene rings is 3. The number of thiocarbonyl (C=S) groups is 1. The zero-order chi connectivity index (χ0) is 21.0. The Morgan fingerprint density at radius 2 is 1.37 bits per heavy atom. The minimum absolute atomic E-state index is 0.225. The maximum absolute atomic E-state index is 12.0. The highest BCUT2D eigenvalue weighted by Gasteiger charge is 2.02. The average Bonchev–Trinajstić information content (AvgIpc) is 2.78. The number of ether oxygens (including phenoxy) is 2. The fourth-order valence-electron chi connectivity index (χ4n) is 2.52. The summed E-state index contributed by atoms with van der Waals surface area (Å²) in [5.74, 6) is 1.24. The minimum atomic E-state index is -0.297. The largest absolute Gasteiger partial charge is 0.490 e. The fraction of sp³-hybridized carbons (Fsp3) is 0.0833. The van der Waals surface area contributed by atoms with Crippen LogP contribution in [0.25, 0.3) is 6.08 Å². The van der Waals surface area contributed by atoms with Crippen molar-refractivity contribution < 1.29 is 14.3 Å². The summed E-state index contributed by atoms with van der Waals surface area (Å²) in [5, 5.41) is 5.81. The van der Waals surface area contributed by atoms with Crippen LogP contribution in [0.1, 0.15) is 5.56 Å². The lowest BCUT2D eigenvalue weighted by Gasteiger charge is -2.10. The zero-order valence-electron chi connectivity index (χ0n) is 16.3. The molecule has 0 aliphatic heterocycles. The number of anilines is 1. The van der Waals surface area contributed by atoms with Gasteiger partial charge in [-0.3, -0.25) is 10.1 Å². The Hall–Kier alpha value is -3.64. The van der Waals surface area contributed by atoms with Gasteiger partial charge in [-0.2, -0.15) is 0 Å². The molecule has 0 aliphatic rings. The van der Waals surface area contributed by atoms with Crippen LogP contribution in [0.3, 0.4) is 0 Å². The van der Waals surface area contributed by atoms with E-state index in [1.54, 1.807) is 6.08 Å². The quantitative estimate of drug-likeness (QED) is 0.316. The third-order valence-electron chi connectivity index (χ3n) is 3.94. The Morgan fingerprint density at radius 1 is 0.800 bits per heavy atom. The van der Waals surface area contributed by atoms with Gasteiger partial charge >= 0.3 is 0 Å². The van der Waals surface area contributed by atoms with E-state index in [0.717, 1.165) is 22.7 Å². The van der Waals surface area contributed by atoms with E-state index in [4.69, 9.17) is 21.7 Å². The summed E-state index contributed by atoms with van der Waals surface area (Å²) in [7, 11) is 0. The van der Waals surface area contributed by atoms with Crippen LogP contribution in [-0.2, 0) is 4.79 Å². The van der Waals surface area contributed by atoms with Crippen molar-refractivity contribution in [1.29, 1.82) is 0 Å². The minimum Gasteiger partial charge on any atom is -0.490 e. The monoisotopic (exact) mass is 418 g/mol. The molecule has 3 aromatic rings.